The predicted molar refractivity (Wildman–Crippen MR) is 96.4 cm³/mol. The summed E-state index contributed by atoms with van der Waals surface area (Å²) in [6.07, 6.45) is 0. The summed E-state index contributed by atoms with van der Waals surface area (Å²) in [5, 5.41) is 4.94. The molecule has 2 aromatic carbocycles. The fourth-order valence-electron chi connectivity index (χ4n) is 2.90. The lowest BCUT2D eigenvalue weighted by Gasteiger charge is -2.05. The molecule has 0 amide bonds. The molecule has 0 saturated heterocycles. The van der Waals surface area contributed by atoms with E-state index in [1.54, 1.807) is 24.3 Å². The molecule has 0 fully saturated rings. The largest absolute Gasteiger partial charge is 0.339 e. The normalized spacial score (nSPS) is 11.2. The van der Waals surface area contributed by atoms with Crippen LogP contribution in [0.2, 0.25) is 5.02 Å². The van der Waals surface area contributed by atoms with Gasteiger partial charge in [0.15, 0.2) is 0 Å². The predicted octanol–water partition coefficient (Wildman–Crippen LogP) is 4.46. The van der Waals surface area contributed by atoms with Crippen LogP contribution in [0.15, 0.2) is 59.4 Å². The molecule has 2 heterocycles. The molecule has 0 radical (unpaired) electrons. The summed E-state index contributed by atoms with van der Waals surface area (Å²) in [7, 11) is 0. The minimum atomic E-state index is -0.312. The zero-order valence-electron chi connectivity index (χ0n) is 13.3. The van der Waals surface area contributed by atoms with Crippen molar-refractivity contribution in [1.82, 2.24) is 14.6 Å². The molecule has 0 atom stereocenters. The lowest BCUT2D eigenvalue weighted by molar-refractivity contribution is 0.628. The number of aryl methyl sites for hydroxylation is 1. The maximum atomic E-state index is 13.2. The summed E-state index contributed by atoms with van der Waals surface area (Å²) >= 11 is 5.93. The Kier molecular flexibility index (Phi) is 3.66. The van der Waals surface area contributed by atoms with Crippen molar-refractivity contribution >= 4 is 17.2 Å². The smallest absolute Gasteiger partial charge is 0.274 e. The van der Waals surface area contributed by atoms with E-state index in [4.69, 9.17) is 11.6 Å². The topological polar surface area (TPSA) is 50.2 Å². The Morgan fingerprint density at radius 1 is 1.04 bits per heavy atom. The number of hydrogen-bond acceptors (Lipinski definition) is 2. The van der Waals surface area contributed by atoms with Gasteiger partial charge in [0.25, 0.3) is 5.56 Å². The fraction of sp³-hybridized carbons (Fsp3) is 0.0526. The summed E-state index contributed by atoms with van der Waals surface area (Å²) in [5.74, 6) is -0.312. The number of nitrogens with one attached hydrogen (secondary N) is 1. The average Bonchev–Trinajstić information content (AvgIpc) is 2.93. The van der Waals surface area contributed by atoms with Crippen molar-refractivity contribution < 1.29 is 4.39 Å². The van der Waals surface area contributed by atoms with Gasteiger partial charge in [0.1, 0.15) is 11.5 Å². The summed E-state index contributed by atoms with van der Waals surface area (Å²) in [6.45, 7) is 1.82. The van der Waals surface area contributed by atoms with E-state index in [1.165, 1.54) is 22.7 Å². The fourth-order valence-corrected chi connectivity index (χ4v) is 3.02. The van der Waals surface area contributed by atoms with E-state index in [9.17, 15) is 9.18 Å². The van der Waals surface area contributed by atoms with Crippen molar-refractivity contribution in [1.29, 1.82) is 0 Å². The molecular weight excluding hydrogens is 341 g/mol. The Bertz CT molecular complexity index is 1130. The highest BCUT2D eigenvalue weighted by Crippen LogP contribution is 2.28. The number of rotatable bonds is 2. The molecule has 1 N–H and O–H groups in total. The molecule has 2 aromatic heterocycles. The van der Waals surface area contributed by atoms with Crippen LogP contribution in [0.25, 0.3) is 28.0 Å². The molecule has 25 heavy (non-hydrogen) atoms. The first-order valence-electron chi connectivity index (χ1n) is 7.67. The number of nitrogens with zero attached hydrogens (tertiary/aromatic N) is 2. The molecule has 0 bridgehead atoms. The number of aromatic nitrogens is 3. The molecule has 0 aliphatic rings. The number of benzene rings is 2. The van der Waals surface area contributed by atoms with Crippen LogP contribution in [0, 0.1) is 12.7 Å². The van der Waals surface area contributed by atoms with Crippen LogP contribution in [0.1, 0.15) is 5.69 Å². The van der Waals surface area contributed by atoms with Crippen LogP contribution >= 0.6 is 11.6 Å². The van der Waals surface area contributed by atoms with E-state index in [0.717, 1.165) is 16.7 Å². The summed E-state index contributed by atoms with van der Waals surface area (Å²) < 4.78 is 14.6. The van der Waals surface area contributed by atoms with Crippen molar-refractivity contribution in [3.05, 3.63) is 81.5 Å². The molecule has 0 unspecified atom stereocenters. The van der Waals surface area contributed by atoms with Crippen LogP contribution in [-0.4, -0.2) is 14.6 Å². The first kappa shape index (κ1) is 15.6. The lowest BCUT2D eigenvalue weighted by Crippen LogP contribution is -2.14. The highest BCUT2D eigenvalue weighted by atomic mass is 35.5. The molecule has 0 saturated carbocycles. The van der Waals surface area contributed by atoms with Gasteiger partial charge in [0.2, 0.25) is 0 Å². The van der Waals surface area contributed by atoms with Crippen molar-refractivity contribution in [2.45, 2.75) is 6.92 Å². The second kappa shape index (κ2) is 5.86. The Morgan fingerprint density at radius 3 is 2.36 bits per heavy atom. The van der Waals surface area contributed by atoms with Gasteiger partial charge in [-0.1, -0.05) is 35.9 Å². The number of aromatic amines is 1. The first-order valence-corrected chi connectivity index (χ1v) is 8.05. The van der Waals surface area contributed by atoms with Gasteiger partial charge >= 0.3 is 0 Å². The monoisotopic (exact) mass is 353 g/mol. The molecule has 4 rings (SSSR count). The molecule has 0 aliphatic carbocycles. The molecular formula is C19H13ClFN3O. The van der Waals surface area contributed by atoms with E-state index in [1.807, 2.05) is 19.1 Å². The van der Waals surface area contributed by atoms with Crippen molar-refractivity contribution in [2.75, 3.05) is 0 Å². The zero-order valence-corrected chi connectivity index (χ0v) is 14.0. The number of hydrogen-bond donors (Lipinski definition) is 1. The van der Waals surface area contributed by atoms with E-state index < -0.39 is 0 Å². The van der Waals surface area contributed by atoms with Gasteiger partial charge in [0, 0.05) is 16.7 Å². The number of H-pyrrole nitrogens is 1. The minimum Gasteiger partial charge on any atom is -0.339 e. The highest BCUT2D eigenvalue weighted by Gasteiger charge is 2.15. The SMILES string of the molecule is Cc1nn2c(=O)cc(-c3ccc(Cl)cc3)[nH]c2c1-c1ccc(F)cc1. The van der Waals surface area contributed by atoms with Gasteiger partial charge in [0.05, 0.1) is 11.4 Å². The van der Waals surface area contributed by atoms with Gasteiger partial charge in [-0.2, -0.15) is 9.61 Å². The molecule has 6 heteroatoms. The van der Waals surface area contributed by atoms with E-state index in [0.29, 0.717) is 22.1 Å². The summed E-state index contributed by atoms with van der Waals surface area (Å²) in [5.41, 5.74) is 4.08. The van der Waals surface area contributed by atoms with Crippen molar-refractivity contribution in [3.63, 3.8) is 0 Å². The van der Waals surface area contributed by atoms with Crippen LogP contribution in [0.4, 0.5) is 4.39 Å². The van der Waals surface area contributed by atoms with Crippen LogP contribution < -0.4 is 5.56 Å². The van der Waals surface area contributed by atoms with Gasteiger partial charge in [-0.25, -0.2) is 4.39 Å². The van der Waals surface area contributed by atoms with Crippen molar-refractivity contribution in [2.24, 2.45) is 0 Å². The third-order valence-electron chi connectivity index (χ3n) is 4.08. The van der Waals surface area contributed by atoms with E-state index >= 15 is 0 Å². The van der Waals surface area contributed by atoms with Gasteiger partial charge in [-0.15, -0.1) is 0 Å². The molecule has 0 aliphatic heterocycles. The van der Waals surface area contributed by atoms with Gasteiger partial charge in [-0.3, -0.25) is 4.79 Å². The summed E-state index contributed by atoms with van der Waals surface area (Å²) in [6, 6.07) is 14.8. The second-order valence-corrected chi connectivity index (χ2v) is 6.19. The van der Waals surface area contributed by atoms with Crippen LogP contribution in [0.5, 0.6) is 0 Å². The Hall–Kier alpha value is -2.92. The Morgan fingerprint density at radius 2 is 1.68 bits per heavy atom. The molecule has 0 spiro atoms. The average molecular weight is 354 g/mol. The van der Waals surface area contributed by atoms with Crippen molar-refractivity contribution in [3.8, 4) is 22.4 Å². The summed E-state index contributed by atoms with van der Waals surface area (Å²) in [4.78, 5) is 15.8. The molecule has 124 valence electrons. The van der Waals surface area contributed by atoms with E-state index in [2.05, 4.69) is 10.1 Å². The van der Waals surface area contributed by atoms with Crippen LogP contribution in [-0.2, 0) is 0 Å². The third kappa shape index (κ3) is 2.72. The number of halogens is 2. The minimum absolute atomic E-state index is 0.241. The zero-order chi connectivity index (χ0) is 17.6. The lowest BCUT2D eigenvalue weighted by atomic mass is 10.1. The van der Waals surface area contributed by atoms with Crippen LogP contribution in [0.3, 0.4) is 0 Å². The first-order chi connectivity index (χ1) is 12.0. The molecule has 4 aromatic rings. The molecule has 4 nitrogen and oxygen atoms in total. The Balaban J connectivity index is 1.98. The maximum Gasteiger partial charge on any atom is 0.274 e. The standard InChI is InChI=1S/C19H13ClFN3O/c1-11-18(13-4-8-15(21)9-5-13)19-22-16(10-17(25)24(19)23-11)12-2-6-14(20)7-3-12/h2-10,22H,1H3. The third-order valence-corrected chi connectivity index (χ3v) is 4.33. The van der Waals surface area contributed by atoms with Gasteiger partial charge in [-0.05, 0) is 42.3 Å². The quantitative estimate of drug-likeness (QED) is 0.578. The van der Waals surface area contributed by atoms with Gasteiger partial charge < -0.3 is 4.98 Å². The van der Waals surface area contributed by atoms with E-state index in [-0.39, 0.29) is 11.4 Å². The maximum absolute atomic E-state index is 13.2. The number of fused-ring (bicyclic) bond motifs is 1. The highest BCUT2D eigenvalue weighted by molar-refractivity contribution is 6.30. The Labute approximate surface area is 147 Å². The second-order valence-electron chi connectivity index (χ2n) is 5.76.